The molecule has 0 heterocycles. The first-order valence-corrected chi connectivity index (χ1v) is 11.3. The number of hydrogen-bond donors (Lipinski definition) is 2. The number of rotatable bonds is 10. The average Bonchev–Trinajstić information content (AvgIpc) is 2.42. The first-order valence-electron chi connectivity index (χ1n) is 9.67. The van der Waals surface area contributed by atoms with E-state index >= 15 is 0 Å². The lowest BCUT2D eigenvalue weighted by Crippen LogP contribution is -2.58. The first kappa shape index (κ1) is 25.9. The van der Waals surface area contributed by atoms with Gasteiger partial charge in [0.25, 0.3) is 0 Å². The molecule has 0 saturated heterocycles. The Labute approximate surface area is 166 Å². The third-order valence-corrected chi connectivity index (χ3v) is 7.67. The van der Waals surface area contributed by atoms with E-state index in [0.29, 0.717) is 6.42 Å². The molecule has 27 heavy (non-hydrogen) atoms. The zero-order valence-electron chi connectivity index (χ0n) is 18.9. The summed E-state index contributed by atoms with van der Waals surface area (Å²) >= 11 is 0. The number of sulfonamides is 1. The van der Waals surface area contributed by atoms with E-state index in [1.807, 2.05) is 11.6 Å². The minimum atomic E-state index is -3.82. The summed E-state index contributed by atoms with van der Waals surface area (Å²) in [6.45, 7) is 19.1. The van der Waals surface area contributed by atoms with Crippen LogP contribution in [-0.4, -0.2) is 31.5 Å². The van der Waals surface area contributed by atoms with E-state index in [2.05, 4.69) is 46.9 Å². The Morgan fingerprint density at radius 1 is 0.889 bits per heavy atom. The molecular formula is C20H40N2O4S. The summed E-state index contributed by atoms with van der Waals surface area (Å²) < 4.78 is 26.2. The van der Waals surface area contributed by atoms with Crippen molar-refractivity contribution in [1.29, 1.82) is 0 Å². The van der Waals surface area contributed by atoms with Crippen molar-refractivity contribution < 1.29 is 18.0 Å². The Kier molecular flexibility index (Phi) is 8.15. The van der Waals surface area contributed by atoms with Gasteiger partial charge in [0, 0.05) is 6.92 Å². The Bertz CT molecular complexity index is 651. The van der Waals surface area contributed by atoms with Crippen LogP contribution < -0.4 is 10.0 Å². The van der Waals surface area contributed by atoms with Crippen molar-refractivity contribution in [3.05, 3.63) is 0 Å². The molecule has 0 aliphatic carbocycles. The average molecular weight is 405 g/mol. The number of nitrogens with one attached hydrogen (secondary N) is 2. The fourth-order valence-corrected chi connectivity index (χ4v) is 4.84. The number of carbonyl (C=O) groups excluding carboxylic acids is 2. The van der Waals surface area contributed by atoms with Gasteiger partial charge in [0.05, 0.1) is 16.7 Å². The Morgan fingerprint density at radius 3 is 1.74 bits per heavy atom. The zero-order chi connectivity index (χ0) is 21.9. The van der Waals surface area contributed by atoms with Gasteiger partial charge in [0.2, 0.25) is 21.8 Å². The molecule has 0 radical (unpaired) electrons. The van der Waals surface area contributed by atoms with Crippen molar-refractivity contribution in [2.75, 3.05) is 5.75 Å². The van der Waals surface area contributed by atoms with Crippen molar-refractivity contribution in [1.82, 2.24) is 10.0 Å². The van der Waals surface area contributed by atoms with Gasteiger partial charge in [-0.1, -0.05) is 54.9 Å². The second-order valence-corrected chi connectivity index (χ2v) is 11.7. The summed E-state index contributed by atoms with van der Waals surface area (Å²) in [7, 11) is -3.82. The molecule has 2 amide bonds. The maximum Gasteiger partial charge on any atom is 0.237 e. The molecular weight excluding hydrogens is 364 g/mol. The molecule has 0 aromatic heterocycles. The van der Waals surface area contributed by atoms with E-state index in [1.165, 1.54) is 0 Å². The van der Waals surface area contributed by atoms with E-state index < -0.39 is 26.9 Å². The fraction of sp³-hybridized carbons (Fsp3) is 0.900. The van der Waals surface area contributed by atoms with Crippen LogP contribution in [0.2, 0.25) is 0 Å². The molecule has 0 saturated carbocycles. The molecule has 0 aromatic carbocycles. The topological polar surface area (TPSA) is 92.3 Å². The monoisotopic (exact) mass is 404 g/mol. The lowest BCUT2D eigenvalue weighted by molar-refractivity contribution is -0.142. The smallest absolute Gasteiger partial charge is 0.237 e. The van der Waals surface area contributed by atoms with E-state index in [9.17, 15) is 18.0 Å². The Morgan fingerprint density at radius 2 is 1.37 bits per heavy atom. The van der Waals surface area contributed by atoms with Gasteiger partial charge in [-0.3, -0.25) is 14.3 Å². The summed E-state index contributed by atoms with van der Waals surface area (Å²) in [5, 5.41) is 2.94. The summed E-state index contributed by atoms with van der Waals surface area (Å²) in [5.41, 5.74) is -1.98. The second-order valence-electron chi connectivity index (χ2n) is 10.0. The van der Waals surface area contributed by atoms with Crippen LogP contribution in [0.15, 0.2) is 0 Å². The SMILES string of the molecule is CCC(C)(C)CC(C)(C(=O)NC(C)(C)CS(=O)(=O)NC(C)=O)C(C)(C)CC. The molecule has 0 fully saturated rings. The summed E-state index contributed by atoms with van der Waals surface area (Å²) in [5.74, 6) is -1.16. The van der Waals surface area contributed by atoms with Crippen LogP contribution in [-0.2, 0) is 19.6 Å². The molecule has 0 rings (SSSR count). The third-order valence-electron chi connectivity index (χ3n) is 5.97. The van der Waals surface area contributed by atoms with Crippen LogP contribution in [0.25, 0.3) is 0 Å². The van der Waals surface area contributed by atoms with Crippen LogP contribution in [0.4, 0.5) is 0 Å². The standard InChI is InChI=1S/C20H40N2O4S/c1-11-17(4,5)13-20(10,18(6,7)12-2)16(24)21-19(8,9)14-27(25,26)22-15(3)23/h11-14H2,1-10H3,(H,21,24)(H,22,23). The Hall–Kier alpha value is -1.11. The van der Waals surface area contributed by atoms with Crippen LogP contribution in [0.1, 0.15) is 88.5 Å². The maximum absolute atomic E-state index is 13.4. The molecule has 1 atom stereocenters. The van der Waals surface area contributed by atoms with Crippen LogP contribution in [0, 0.1) is 16.2 Å². The number of hydrogen-bond acceptors (Lipinski definition) is 4. The molecule has 0 aliphatic heterocycles. The minimum Gasteiger partial charge on any atom is -0.350 e. The van der Waals surface area contributed by atoms with E-state index in [0.717, 1.165) is 19.8 Å². The normalized spacial score (nSPS) is 15.8. The van der Waals surface area contributed by atoms with Gasteiger partial charge in [-0.05, 0) is 37.5 Å². The minimum absolute atomic E-state index is 0.0229. The predicted octanol–water partition coefficient (Wildman–Crippen LogP) is 3.62. The lowest BCUT2D eigenvalue weighted by Gasteiger charge is -2.48. The first-order chi connectivity index (χ1) is 11.8. The maximum atomic E-state index is 13.4. The third kappa shape index (κ3) is 7.43. The van der Waals surface area contributed by atoms with Crippen molar-refractivity contribution in [2.45, 2.75) is 94.0 Å². The quantitative estimate of drug-likeness (QED) is 0.582. The molecule has 6 nitrogen and oxygen atoms in total. The highest BCUT2D eigenvalue weighted by atomic mass is 32.2. The predicted molar refractivity (Wildman–Crippen MR) is 111 cm³/mol. The molecule has 0 bridgehead atoms. The van der Waals surface area contributed by atoms with Crippen LogP contribution in [0.5, 0.6) is 0 Å². The summed E-state index contributed by atoms with van der Waals surface area (Å²) in [6, 6.07) is 0. The molecule has 160 valence electrons. The van der Waals surface area contributed by atoms with Crippen LogP contribution in [0.3, 0.4) is 0 Å². The highest BCUT2D eigenvalue weighted by molar-refractivity contribution is 7.90. The molecule has 7 heteroatoms. The van der Waals surface area contributed by atoms with Gasteiger partial charge in [0.1, 0.15) is 0 Å². The number of amides is 2. The summed E-state index contributed by atoms with van der Waals surface area (Å²) in [4.78, 5) is 24.5. The largest absolute Gasteiger partial charge is 0.350 e. The molecule has 0 spiro atoms. The van der Waals surface area contributed by atoms with Gasteiger partial charge in [0.15, 0.2) is 0 Å². The van der Waals surface area contributed by atoms with E-state index in [4.69, 9.17) is 0 Å². The zero-order valence-corrected chi connectivity index (χ0v) is 19.7. The van der Waals surface area contributed by atoms with Gasteiger partial charge in [-0.25, -0.2) is 8.42 Å². The van der Waals surface area contributed by atoms with Crippen molar-refractivity contribution in [2.24, 2.45) is 16.2 Å². The van der Waals surface area contributed by atoms with E-state index in [1.54, 1.807) is 13.8 Å². The van der Waals surface area contributed by atoms with Gasteiger partial charge < -0.3 is 5.32 Å². The Balaban J connectivity index is 5.73. The van der Waals surface area contributed by atoms with E-state index in [-0.39, 0.29) is 22.5 Å². The molecule has 0 aromatic rings. The lowest BCUT2D eigenvalue weighted by atomic mass is 9.58. The number of carbonyl (C=O) groups is 2. The van der Waals surface area contributed by atoms with Gasteiger partial charge in [-0.2, -0.15) is 0 Å². The molecule has 2 N–H and O–H groups in total. The fourth-order valence-electron chi connectivity index (χ4n) is 3.31. The molecule has 1 unspecified atom stereocenters. The van der Waals surface area contributed by atoms with Gasteiger partial charge in [-0.15, -0.1) is 0 Å². The molecule has 0 aliphatic rings. The highest BCUT2D eigenvalue weighted by Crippen LogP contribution is 2.50. The van der Waals surface area contributed by atoms with Crippen molar-refractivity contribution in [3.8, 4) is 0 Å². The highest BCUT2D eigenvalue weighted by Gasteiger charge is 2.49. The summed E-state index contributed by atoms with van der Waals surface area (Å²) in [6.07, 6.45) is 2.45. The van der Waals surface area contributed by atoms with Gasteiger partial charge >= 0.3 is 0 Å². The van der Waals surface area contributed by atoms with Crippen molar-refractivity contribution in [3.63, 3.8) is 0 Å². The van der Waals surface area contributed by atoms with Crippen LogP contribution >= 0.6 is 0 Å². The van der Waals surface area contributed by atoms with Crippen molar-refractivity contribution >= 4 is 21.8 Å². The second kappa shape index (κ2) is 8.50.